The smallest absolute Gasteiger partial charge is 0.258 e. The lowest BCUT2D eigenvalue weighted by Gasteiger charge is -2.08. The van der Waals surface area contributed by atoms with E-state index >= 15 is 0 Å². The van der Waals surface area contributed by atoms with E-state index in [0.717, 1.165) is 0 Å². The fourth-order valence-corrected chi connectivity index (χ4v) is 1.91. The van der Waals surface area contributed by atoms with Gasteiger partial charge in [0.05, 0.1) is 11.3 Å². The first-order valence-corrected chi connectivity index (χ1v) is 6.32. The van der Waals surface area contributed by atoms with Gasteiger partial charge in [0.1, 0.15) is 11.0 Å². The van der Waals surface area contributed by atoms with Crippen molar-refractivity contribution in [1.29, 1.82) is 0 Å². The van der Waals surface area contributed by atoms with E-state index < -0.39 is 29.0 Å². The summed E-state index contributed by atoms with van der Waals surface area (Å²) in [6.07, 6.45) is 1.37. The summed E-state index contributed by atoms with van der Waals surface area (Å²) in [7, 11) is 0. The van der Waals surface area contributed by atoms with Crippen molar-refractivity contribution in [2.75, 3.05) is 5.32 Å². The summed E-state index contributed by atoms with van der Waals surface area (Å²) in [5, 5.41) is 1.99. The molecule has 2 aromatic rings. The van der Waals surface area contributed by atoms with Gasteiger partial charge in [0.15, 0.2) is 11.6 Å². The number of aromatic nitrogens is 1. The summed E-state index contributed by atoms with van der Waals surface area (Å²) >= 11 is 8.83. The molecule has 0 spiro atoms. The van der Waals surface area contributed by atoms with Gasteiger partial charge in [0, 0.05) is 22.8 Å². The average Bonchev–Trinajstić information content (AvgIpc) is 2.38. The minimum atomic E-state index is -1.34. The van der Waals surface area contributed by atoms with E-state index in [1.165, 1.54) is 12.3 Å². The highest BCUT2D eigenvalue weighted by molar-refractivity contribution is 9.10. The monoisotopic (exact) mass is 364 g/mol. The second kappa shape index (κ2) is 5.80. The van der Waals surface area contributed by atoms with Crippen molar-refractivity contribution in [3.05, 3.63) is 57.0 Å². The third-order valence-corrected chi connectivity index (χ3v) is 3.04. The Hall–Kier alpha value is -1.60. The third kappa shape index (κ3) is 3.10. The molecule has 1 aromatic carbocycles. The van der Waals surface area contributed by atoms with Crippen LogP contribution in [-0.2, 0) is 0 Å². The van der Waals surface area contributed by atoms with Crippen LogP contribution in [0.5, 0.6) is 0 Å². The molecule has 0 aliphatic heterocycles. The van der Waals surface area contributed by atoms with Crippen LogP contribution in [0.3, 0.4) is 0 Å². The highest BCUT2D eigenvalue weighted by atomic mass is 79.9. The fourth-order valence-electron chi connectivity index (χ4n) is 1.39. The molecule has 0 fully saturated rings. The van der Waals surface area contributed by atoms with Crippen LogP contribution in [0.15, 0.2) is 28.9 Å². The first-order valence-electron chi connectivity index (χ1n) is 5.15. The average molecular weight is 366 g/mol. The predicted molar refractivity (Wildman–Crippen MR) is 71.2 cm³/mol. The number of pyridine rings is 1. The standard InChI is InChI=1S/C12H5BrClF3N2O/c13-5-1-6(11(14)18-4-5)12(20)19-10-3-8(16)7(15)2-9(10)17/h1-4H,(H,19,20). The van der Waals surface area contributed by atoms with Gasteiger partial charge >= 0.3 is 0 Å². The van der Waals surface area contributed by atoms with E-state index in [4.69, 9.17) is 11.6 Å². The normalized spacial score (nSPS) is 10.4. The topological polar surface area (TPSA) is 42.0 Å². The number of nitrogens with one attached hydrogen (secondary N) is 1. The molecule has 0 unspecified atom stereocenters. The molecule has 0 saturated carbocycles. The number of carbonyl (C=O) groups excluding carboxylic acids is 1. The van der Waals surface area contributed by atoms with Crippen LogP contribution in [0.1, 0.15) is 10.4 Å². The lowest BCUT2D eigenvalue weighted by atomic mass is 10.2. The maximum atomic E-state index is 13.4. The first-order chi connectivity index (χ1) is 9.38. The van der Waals surface area contributed by atoms with Gasteiger partial charge in [0.25, 0.3) is 5.91 Å². The molecule has 1 N–H and O–H groups in total. The van der Waals surface area contributed by atoms with Crippen molar-refractivity contribution in [3.8, 4) is 0 Å². The maximum absolute atomic E-state index is 13.4. The fraction of sp³-hybridized carbons (Fsp3) is 0. The number of anilines is 1. The molecule has 104 valence electrons. The minimum absolute atomic E-state index is 0.0369. The molecule has 2 rings (SSSR count). The Labute approximate surface area is 124 Å². The summed E-state index contributed by atoms with van der Waals surface area (Å²) in [6, 6.07) is 2.25. The number of carbonyl (C=O) groups is 1. The van der Waals surface area contributed by atoms with Crippen LogP contribution in [0.4, 0.5) is 18.9 Å². The quantitative estimate of drug-likeness (QED) is 0.641. The second-order valence-electron chi connectivity index (χ2n) is 3.69. The van der Waals surface area contributed by atoms with Gasteiger partial charge in [0.2, 0.25) is 0 Å². The van der Waals surface area contributed by atoms with Gasteiger partial charge < -0.3 is 5.32 Å². The van der Waals surface area contributed by atoms with Gasteiger partial charge in [-0.25, -0.2) is 18.2 Å². The number of hydrogen-bond donors (Lipinski definition) is 1. The third-order valence-electron chi connectivity index (χ3n) is 2.31. The molecule has 0 aliphatic carbocycles. The maximum Gasteiger partial charge on any atom is 0.258 e. The van der Waals surface area contributed by atoms with Crippen molar-refractivity contribution in [1.82, 2.24) is 4.98 Å². The molecule has 1 aromatic heterocycles. The SMILES string of the molecule is O=C(Nc1cc(F)c(F)cc1F)c1cc(Br)cnc1Cl. The highest BCUT2D eigenvalue weighted by Crippen LogP contribution is 2.22. The van der Waals surface area contributed by atoms with E-state index in [1.54, 1.807) is 0 Å². The summed E-state index contributed by atoms with van der Waals surface area (Å²) in [6.45, 7) is 0. The van der Waals surface area contributed by atoms with Gasteiger partial charge in [-0.3, -0.25) is 4.79 Å². The molecular weight excluding hydrogens is 360 g/mol. The molecule has 1 heterocycles. The zero-order valence-corrected chi connectivity index (χ0v) is 11.9. The molecule has 0 saturated heterocycles. The Morgan fingerprint density at radius 2 is 1.80 bits per heavy atom. The van der Waals surface area contributed by atoms with Gasteiger partial charge in [-0.05, 0) is 22.0 Å². The number of amides is 1. The van der Waals surface area contributed by atoms with Gasteiger partial charge in [-0.1, -0.05) is 11.6 Å². The van der Waals surface area contributed by atoms with E-state index in [-0.39, 0.29) is 10.7 Å². The van der Waals surface area contributed by atoms with Crippen LogP contribution < -0.4 is 5.32 Å². The Morgan fingerprint density at radius 3 is 2.50 bits per heavy atom. The molecule has 8 heteroatoms. The van der Waals surface area contributed by atoms with Gasteiger partial charge in [-0.15, -0.1) is 0 Å². The summed E-state index contributed by atoms with van der Waals surface area (Å²) in [4.78, 5) is 15.6. The van der Waals surface area contributed by atoms with Crippen molar-refractivity contribution in [2.45, 2.75) is 0 Å². The molecule has 0 bridgehead atoms. The van der Waals surface area contributed by atoms with E-state index in [0.29, 0.717) is 16.6 Å². The van der Waals surface area contributed by atoms with Crippen LogP contribution in [0.25, 0.3) is 0 Å². The van der Waals surface area contributed by atoms with E-state index in [9.17, 15) is 18.0 Å². The van der Waals surface area contributed by atoms with Gasteiger partial charge in [-0.2, -0.15) is 0 Å². The molecule has 20 heavy (non-hydrogen) atoms. The highest BCUT2D eigenvalue weighted by Gasteiger charge is 2.16. The number of benzene rings is 1. The second-order valence-corrected chi connectivity index (χ2v) is 4.97. The lowest BCUT2D eigenvalue weighted by Crippen LogP contribution is -2.14. The number of halogens is 5. The summed E-state index contributed by atoms with van der Waals surface area (Å²) < 4.78 is 39.7. The summed E-state index contributed by atoms with van der Waals surface area (Å²) in [5.74, 6) is -4.52. The largest absolute Gasteiger partial charge is 0.319 e. The zero-order chi connectivity index (χ0) is 14.9. The zero-order valence-electron chi connectivity index (χ0n) is 9.55. The Morgan fingerprint density at radius 1 is 1.15 bits per heavy atom. The number of hydrogen-bond acceptors (Lipinski definition) is 2. The van der Waals surface area contributed by atoms with E-state index in [2.05, 4.69) is 26.2 Å². The molecule has 0 atom stereocenters. The molecule has 1 amide bonds. The molecule has 0 radical (unpaired) electrons. The Balaban J connectivity index is 2.32. The van der Waals surface area contributed by atoms with Crippen LogP contribution in [-0.4, -0.2) is 10.9 Å². The summed E-state index contributed by atoms with van der Waals surface area (Å²) in [5.41, 5.74) is -0.532. The van der Waals surface area contributed by atoms with Crippen LogP contribution >= 0.6 is 27.5 Å². The van der Waals surface area contributed by atoms with Crippen LogP contribution in [0.2, 0.25) is 5.15 Å². The van der Waals surface area contributed by atoms with E-state index in [1.807, 2.05) is 0 Å². The number of rotatable bonds is 2. The van der Waals surface area contributed by atoms with Crippen molar-refractivity contribution < 1.29 is 18.0 Å². The Bertz CT molecular complexity index is 697. The lowest BCUT2D eigenvalue weighted by molar-refractivity contribution is 0.102. The van der Waals surface area contributed by atoms with Crippen LogP contribution in [0, 0.1) is 17.5 Å². The Kier molecular flexibility index (Phi) is 4.29. The first kappa shape index (κ1) is 14.8. The predicted octanol–water partition coefficient (Wildman–Crippen LogP) is 4.17. The van der Waals surface area contributed by atoms with Crippen molar-refractivity contribution in [2.24, 2.45) is 0 Å². The molecule has 3 nitrogen and oxygen atoms in total. The van der Waals surface area contributed by atoms with Crippen molar-refractivity contribution >= 4 is 39.1 Å². The van der Waals surface area contributed by atoms with Crippen molar-refractivity contribution in [3.63, 3.8) is 0 Å². The molecule has 0 aliphatic rings. The number of nitrogens with zero attached hydrogens (tertiary/aromatic N) is 1. The molecular formula is C12H5BrClF3N2O. The minimum Gasteiger partial charge on any atom is -0.319 e.